The summed E-state index contributed by atoms with van der Waals surface area (Å²) in [6, 6.07) is 6.28. The number of benzene rings is 1. The molecule has 1 aromatic carbocycles. The van der Waals surface area contributed by atoms with Gasteiger partial charge in [-0.2, -0.15) is 9.40 Å². The van der Waals surface area contributed by atoms with Gasteiger partial charge in [-0.15, -0.1) is 0 Å². The Balaban J connectivity index is 1.63. The first-order valence-electron chi connectivity index (χ1n) is 10.5. The predicted molar refractivity (Wildman–Crippen MR) is 122 cm³/mol. The van der Waals surface area contributed by atoms with E-state index in [1.54, 1.807) is 40.6 Å². The summed E-state index contributed by atoms with van der Waals surface area (Å²) in [5, 5.41) is 4.35. The minimum Gasteiger partial charge on any atom is -0.497 e. The van der Waals surface area contributed by atoms with E-state index in [0.29, 0.717) is 54.6 Å². The molecule has 32 heavy (non-hydrogen) atoms. The SMILES string of the molecule is COc1ccc(S(=O)(=O)N2CCN(c3nc4c(C)nn(C)c4c(=O)n3C(C)C)CC2)cc1. The number of rotatable bonds is 5. The molecule has 1 saturated heterocycles. The van der Waals surface area contributed by atoms with Crippen molar-refractivity contribution in [3.05, 3.63) is 40.3 Å². The number of aryl methyl sites for hydroxylation is 2. The molecule has 0 N–H and O–H groups in total. The molecule has 0 aliphatic carbocycles. The van der Waals surface area contributed by atoms with Crippen LogP contribution in [0.25, 0.3) is 11.0 Å². The maximum atomic E-state index is 13.2. The number of nitrogens with zero attached hydrogens (tertiary/aromatic N) is 6. The van der Waals surface area contributed by atoms with Crippen LogP contribution < -0.4 is 15.2 Å². The third kappa shape index (κ3) is 3.65. The summed E-state index contributed by atoms with van der Waals surface area (Å²) in [6.07, 6.45) is 0. The van der Waals surface area contributed by atoms with Gasteiger partial charge in [-0.3, -0.25) is 14.0 Å². The largest absolute Gasteiger partial charge is 0.497 e. The van der Waals surface area contributed by atoms with Gasteiger partial charge >= 0.3 is 0 Å². The molecule has 1 aliphatic heterocycles. The highest BCUT2D eigenvalue weighted by Crippen LogP contribution is 2.24. The van der Waals surface area contributed by atoms with Crippen molar-refractivity contribution < 1.29 is 13.2 Å². The molecule has 10 nitrogen and oxygen atoms in total. The topological polar surface area (TPSA) is 103 Å². The number of anilines is 1. The number of piperazine rings is 1. The Kier molecular flexibility index (Phi) is 5.72. The molecule has 1 fully saturated rings. The molecule has 2 aromatic heterocycles. The molecule has 0 unspecified atom stereocenters. The van der Waals surface area contributed by atoms with E-state index in [2.05, 4.69) is 5.10 Å². The first-order chi connectivity index (χ1) is 15.1. The Bertz CT molecular complexity index is 1300. The van der Waals surface area contributed by atoms with Gasteiger partial charge in [-0.25, -0.2) is 13.4 Å². The van der Waals surface area contributed by atoms with Crippen molar-refractivity contribution in [2.75, 3.05) is 38.2 Å². The van der Waals surface area contributed by atoms with Gasteiger partial charge in [0.2, 0.25) is 16.0 Å². The van der Waals surface area contributed by atoms with Gasteiger partial charge in [0.25, 0.3) is 5.56 Å². The Labute approximate surface area is 187 Å². The van der Waals surface area contributed by atoms with Crippen LogP contribution in [0.4, 0.5) is 5.95 Å². The smallest absolute Gasteiger partial charge is 0.281 e. The zero-order chi connectivity index (χ0) is 23.2. The third-order valence-corrected chi connectivity index (χ3v) is 7.69. The molecular formula is C21H28N6O4S. The average Bonchev–Trinajstić information content (AvgIpc) is 3.07. The summed E-state index contributed by atoms with van der Waals surface area (Å²) in [5.41, 5.74) is 1.60. The normalized spacial score (nSPS) is 15.6. The molecule has 172 valence electrons. The van der Waals surface area contributed by atoms with E-state index in [9.17, 15) is 13.2 Å². The fraction of sp³-hybridized carbons (Fsp3) is 0.476. The van der Waals surface area contributed by atoms with Crippen molar-refractivity contribution in [3.8, 4) is 5.75 Å². The lowest BCUT2D eigenvalue weighted by Crippen LogP contribution is -2.50. The van der Waals surface area contributed by atoms with Gasteiger partial charge in [-0.1, -0.05) is 0 Å². The van der Waals surface area contributed by atoms with E-state index < -0.39 is 10.0 Å². The monoisotopic (exact) mass is 460 g/mol. The summed E-state index contributed by atoms with van der Waals surface area (Å²) in [6.45, 7) is 7.16. The fourth-order valence-electron chi connectivity index (χ4n) is 4.09. The van der Waals surface area contributed by atoms with Crippen molar-refractivity contribution in [2.24, 2.45) is 7.05 Å². The molecule has 0 radical (unpaired) electrons. The Morgan fingerprint density at radius 2 is 1.69 bits per heavy atom. The zero-order valence-corrected chi connectivity index (χ0v) is 19.8. The summed E-state index contributed by atoms with van der Waals surface area (Å²) in [5.74, 6) is 1.16. The molecule has 11 heteroatoms. The maximum absolute atomic E-state index is 13.2. The summed E-state index contributed by atoms with van der Waals surface area (Å²) >= 11 is 0. The van der Waals surface area contributed by atoms with Crippen LogP contribution >= 0.6 is 0 Å². The lowest BCUT2D eigenvalue weighted by Gasteiger charge is -2.36. The van der Waals surface area contributed by atoms with Crippen molar-refractivity contribution >= 4 is 27.0 Å². The van der Waals surface area contributed by atoms with Crippen LogP contribution in [0.3, 0.4) is 0 Å². The van der Waals surface area contributed by atoms with Crippen LogP contribution in [-0.4, -0.2) is 65.3 Å². The van der Waals surface area contributed by atoms with E-state index >= 15 is 0 Å². The number of ether oxygens (including phenoxy) is 1. The molecule has 4 rings (SSSR count). The highest BCUT2D eigenvalue weighted by atomic mass is 32.2. The van der Waals surface area contributed by atoms with E-state index in [4.69, 9.17) is 9.72 Å². The first kappa shape index (κ1) is 22.3. The lowest BCUT2D eigenvalue weighted by molar-refractivity contribution is 0.378. The Morgan fingerprint density at radius 3 is 2.25 bits per heavy atom. The quantitative estimate of drug-likeness (QED) is 0.569. The van der Waals surface area contributed by atoms with Gasteiger partial charge in [0.15, 0.2) is 5.52 Å². The van der Waals surface area contributed by atoms with Crippen molar-refractivity contribution in [3.63, 3.8) is 0 Å². The van der Waals surface area contributed by atoms with Crippen molar-refractivity contribution in [1.29, 1.82) is 0 Å². The molecular weight excluding hydrogens is 432 g/mol. The number of aromatic nitrogens is 4. The highest BCUT2D eigenvalue weighted by molar-refractivity contribution is 7.89. The van der Waals surface area contributed by atoms with Crippen LogP contribution in [-0.2, 0) is 17.1 Å². The molecule has 0 saturated carbocycles. The summed E-state index contributed by atoms with van der Waals surface area (Å²) < 4.78 is 36.0. The molecule has 0 amide bonds. The van der Waals surface area contributed by atoms with E-state index in [-0.39, 0.29) is 16.5 Å². The van der Waals surface area contributed by atoms with Crippen LogP contribution in [0.1, 0.15) is 25.6 Å². The molecule has 3 heterocycles. The second kappa shape index (κ2) is 8.21. The van der Waals surface area contributed by atoms with E-state index in [1.165, 1.54) is 11.4 Å². The van der Waals surface area contributed by atoms with Gasteiger partial charge in [0.1, 0.15) is 11.3 Å². The average molecular weight is 461 g/mol. The van der Waals surface area contributed by atoms with Gasteiger partial charge in [0.05, 0.1) is 17.7 Å². The van der Waals surface area contributed by atoms with Crippen molar-refractivity contribution in [2.45, 2.75) is 31.7 Å². The maximum Gasteiger partial charge on any atom is 0.281 e. The third-order valence-electron chi connectivity index (χ3n) is 5.77. The molecule has 0 bridgehead atoms. The standard InChI is InChI=1S/C21H28N6O4S/c1-14(2)27-20(28)19-18(15(3)23-24(19)4)22-21(27)25-10-12-26(13-11-25)32(29,30)17-8-6-16(31-5)7-9-17/h6-9,14H,10-13H2,1-5H3. The fourth-order valence-corrected chi connectivity index (χ4v) is 5.52. The van der Waals surface area contributed by atoms with Gasteiger partial charge in [-0.05, 0) is 45.0 Å². The number of sulfonamides is 1. The first-order valence-corrected chi connectivity index (χ1v) is 11.9. The number of fused-ring (bicyclic) bond motifs is 1. The molecule has 0 atom stereocenters. The number of hydrogen-bond donors (Lipinski definition) is 0. The highest BCUT2D eigenvalue weighted by Gasteiger charge is 2.31. The second-order valence-corrected chi connectivity index (χ2v) is 10.1. The van der Waals surface area contributed by atoms with E-state index in [0.717, 1.165) is 0 Å². The van der Waals surface area contributed by atoms with Crippen LogP contribution in [0.5, 0.6) is 5.75 Å². The van der Waals surface area contributed by atoms with Gasteiger partial charge in [0, 0.05) is 39.3 Å². The summed E-state index contributed by atoms with van der Waals surface area (Å²) in [7, 11) is -0.335. The summed E-state index contributed by atoms with van der Waals surface area (Å²) in [4.78, 5) is 20.2. The Hall–Kier alpha value is -2.92. The minimum atomic E-state index is -3.62. The number of hydrogen-bond acceptors (Lipinski definition) is 7. The van der Waals surface area contributed by atoms with Crippen LogP contribution in [0.2, 0.25) is 0 Å². The molecule has 3 aromatic rings. The van der Waals surface area contributed by atoms with Crippen LogP contribution in [0.15, 0.2) is 34.0 Å². The molecule has 1 aliphatic rings. The molecule has 0 spiro atoms. The predicted octanol–water partition coefficient (Wildman–Crippen LogP) is 1.54. The van der Waals surface area contributed by atoms with Gasteiger partial charge < -0.3 is 9.64 Å². The second-order valence-electron chi connectivity index (χ2n) is 8.15. The van der Waals surface area contributed by atoms with Crippen molar-refractivity contribution in [1.82, 2.24) is 23.6 Å². The zero-order valence-electron chi connectivity index (χ0n) is 18.9. The number of methoxy groups -OCH3 is 1. The lowest BCUT2D eigenvalue weighted by atomic mass is 10.3. The minimum absolute atomic E-state index is 0.106. The Morgan fingerprint density at radius 1 is 1.06 bits per heavy atom. The van der Waals surface area contributed by atoms with E-state index in [1.807, 2.05) is 25.7 Å². The van der Waals surface area contributed by atoms with Crippen LogP contribution in [0, 0.1) is 6.92 Å².